The van der Waals surface area contributed by atoms with Crippen LogP contribution >= 0.6 is 0 Å². The third kappa shape index (κ3) is 6.19. The van der Waals surface area contributed by atoms with Gasteiger partial charge in [-0.15, -0.1) is 0 Å². The average molecular weight is 512 g/mol. The Labute approximate surface area is 221 Å². The molecule has 0 radical (unpaired) electrons. The lowest BCUT2D eigenvalue weighted by Gasteiger charge is -2.28. The first kappa shape index (κ1) is 25.0. The van der Waals surface area contributed by atoms with Gasteiger partial charge in [-0.25, -0.2) is 4.68 Å². The molecule has 1 aliphatic rings. The minimum atomic E-state index is -0.218. The van der Waals surface area contributed by atoms with Crippen LogP contribution < -0.4 is 20.3 Å². The predicted molar refractivity (Wildman–Crippen MR) is 146 cm³/mol. The van der Waals surface area contributed by atoms with Gasteiger partial charge in [-0.1, -0.05) is 18.2 Å². The lowest BCUT2D eigenvalue weighted by Crippen LogP contribution is -2.36. The van der Waals surface area contributed by atoms with E-state index in [1.54, 1.807) is 42.4 Å². The highest BCUT2D eigenvalue weighted by Gasteiger charge is 2.13. The number of aromatic nitrogens is 2. The molecule has 0 bridgehead atoms. The molecule has 0 aliphatic carbocycles. The van der Waals surface area contributed by atoms with Crippen molar-refractivity contribution >= 4 is 28.9 Å². The summed E-state index contributed by atoms with van der Waals surface area (Å²) < 4.78 is 12.2. The van der Waals surface area contributed by atoms with Crippen molar-refractivity contribution in [2.45, 2.75) is 6.42 Å². The zero-order chi connectivity index (χ0) is 26.3. The van der Waals surface area contributed by atoms with Crippen LogP contribution in [0.1, 0.15) is 15.9 Å². The van der Waals surface area contributed by atoms with Gasteiger partial charge in [0.2, 0.25) is 5.91 Å². The maximum atomic E-state index is 12.9. The first-order valence-corrected chi connectivity index (χ1v) is 12.4. The second kappa shape index (κ2) is 11.6. The Bertz CT molecular complexity index is 1410. The first-order valence-electron chi connectivity index (χ1n) is 12.4. The molecule has 9 nitrogen and oxygen atoms in total. The van der Waals surface area contributed by atoms with E-state index in [4.69, 9.17) is 9.47 Å². The van der Waals surface area contributed by atoms with Crippen molar-refractivity contribution < 1.29 is 19.1 Å². The highest BCUT2D eigenvalue weighted by atomic mass is 16.5. The van der Waals surface area contributed by atoms with E-state index in [9.17, 15) is 9.59 Å². The van der Waals surface area contributed by atoms with Gasteiger partial charge in [0.1, 0.15) is 5.75 Å². The SMILES string of the molecule is COc1cccc(CC(=O)Nc2cnn(-c3cccc(C(=O)Nc4ccc(N5CCOCC5)cc4)c3)c2)c1. The Morgan fingerprint density at radius 3 is 2.50 bits per heavy atom. The van der Waals surface area contributed by atoms with Crippen LogP contribution in [-0.2, 0) is 16.0 Å². The van der Waals surface area contributed by atoms with Crippen LogP contribution in [0.15, 0.2) is 85.2 Å². The number of ether oxygens (including phenoxy) is 2. The Kier molecular flexibility index (Phi) is 7.65. The van der Waals surface area contributed by atoms with Gasteiger partial charge in [0.25, 0.3) is 5.91 Å². The number of benzene rings is 3. The lowest BCUT2D eigenvalue weighted by molar-refractivity contribution is -0.115. The fourth-order valence-electron chi connectivity index (χ4n) is 4.27. The summed E-state index contributed by atoms with van der Waals surface area (Å²) in [5.41, 5.74) is 4.44. The van der Waals surface area contributed by atoms with E-state index in [0.29, 0.717) is 22.7 Å². The Hall–Kier alpha value is -4.63. The molecule has 0 atom stereocenters. The minimum absolute atomic E-state index is 0.162. The van der Waals surface area contributed by atoms with E-state index in [2.05, 4.69) is 20.6 Å². The van der Waals surface area contributed by atoms with E-state index >= 15 is 0 Å². The first-order chi connectivity index (χ1) is 18.6. The molecule has 1 saturated heterocycles. The summed E-state index contributed by atoms with van der Waals surface area (Å²) in [6, 6.07) is 22.4. The van der Waals surface area contributed by atoms with E-state index < -0.39 is 0 Å². The van der Waals surface area contributed by atoms with Gasteiger partial charge in [0.15, 0.2) is 0 Å². The van der Waals surface area contributed by atoms with Gasteiger partial charge in [0.05, 0.1) is 50.5 Å². The fourth-order valence-corrected chi connectivity index (χ4v) is 4.27. The van der Waals surface area contributed by atoms with Crippen LogP contribution in [0.4, 0.5) is 17.1 Å². The van der Waals surface area contributed by atoms with Crippen LogP contribution in [0.25, 0.3) is 5.69 Å². The minimum Gasteiger partial charge on any atom is -0.497 e. The van der Waals surface area contributed by atoms with Crippen molar-refractivity contribution in [2.24, 2.45) is 0 Å². The fraction of sp³-hybridized carbons (Fsp3) is 0.207. The Morgan fingerprint density at radius 1 is 0.921 bits per heavy atom. The maximum absolute atomic E-state index is 12.9. The molecular weight excluding hydrogens is 482 g/mol. The molecule has 4 aromatic rings. The second-order valence-electron chi connectivity index (χ2n) is 8.90. The standard InChI is InChI=1S/C29H29N5O4/c1-37-27-7-2-4-21(16-27)17-28(35)31-24-19-30-34(20-24)26-6-3-5-22(18-26)29(36)32-23-8-10-25(11-9-23)33-12-14-38-15-13-33/h2-11,16,18-20H,12-15,17H2,1H3,(H,31,35)(H,32,36). The number of amides is 2. The molecule has 1 fully saturated rings. The molecule has 1 aromatic heterocycles. The molecule has 2 N–H and O–H groups in total. The number of carbonyl (C=O) groups excluding carboxylic acids is 2. The molecule has 0 spiro atoms. The third-order valence-electron chi connectivity index (χ3n) is 6.24. The summed E-state index contributed by atoms with van der Waals surface area (Å²) in [5, 5.41) is 10.2. The molecule has 2 amide bonds. The molecule has 3 aromatic carbocycles. The van der Waals surface area contributed by atoms with E-state index in [1.165, 1.54) is 0 Å². The van der Waals surface area contributed by atoms with Crippen molar-refractivity contribution in [3.63, 3.8) is 0 Å². The molecule has 38 heavy (non-hydrogen) atoms. The van der Waals surface area contributed by atoms with Crippen LogP contribution in [-0.4, -0.2) is 55.0 Å². The van der Waals surface area contributed by atoms with Gasteiger partial charge in [-0.2, -0.15) is 5.10 Å². The number of methoxy groups -OCH3 is 1. The highest BCUT2D eigenvalue weighted by molar-refractivity contribution is 6.04. The molecular formula is C29H29N5O4. The average Bonchev–Trinajstić information content (AvgIpc) is 3.42. The van der Waals surface area contributed by atoms with Crippen molar-refractivity contribution in [1.29, 1.82) is 0 Å². The van der Waals surface area contributed by atoms with E-state index in [1.807, 2.05) is 54.6 Å². The van der Waals surface area contributed by atoms with Crippen molar-refractivity contribution in [2.75, 3.05) is 48.9 Å². The zero-order valence-corrected chi connectivity index (χ0v) is 21.1. The largest absolute Gasteiger partial charge is 0.497 e. The predicted octanol–water partition coefficient (Wildman–Crippen LogP) is 4.15. The number of carbonyl (C=O) groups is 2. The number of morpholine rings is 1. The van der Waals surface area contributed by atoms with Crippen LogP contribution in [0.2, 0.25) is 0 Å². The third-order valence-corrected chi connectivity index (χ3v) is 6.24. The summed E-state index contributed by atoms with van der Waals surface area (Å²) in [6.45, 7) is 3.17. The van der Waals surface area contributed by atoms with E-state index in [0.717, 1.165) is 43.2 Å². The Balaban J connectivity index is 1.20. The Morgan fingerprint density at radius 2 is 1.71 bits per heavy atom. The van der Waals surface area contributed by atoms with Gasteiger partial charge >= 0.3 is 0 Å². The number of hydrogen-bond donors (Lipinski definition) is 2. The quantitative estimate of drug-likeness (QED) is 0.369. The van der Waals surface area contributed by atoms with Crippen LogP contribution in [0, 0.1) is 0 Å². The van der Waals surface area contributed by atoms with Crippen molar-refractivity contribution in [1.82, 2.24) is 9.78 Å². The molecule has 1 aliphatic heterocycles. The van der Waals surface area contributed by atoms with Gasteiger partial charge in [-0.3, -0.25) is 9.59 Å². The lowest BCUT2D eigenvalue weighted by atomic mass is 10.1. The summed E-state index contributed by atoms with van der Waals surface area (Å²) in [6.07, 6.45) is 3.50. The number of hydrogen-bond acceptors (Lipinski definition) is 6. The number of nitrogens with one attached hydrogen (secondary N) is 2. The van der Waals surface area contributed by atoms with Crippen LogP contribution in [0.5, 0.6) is 5.75 Å². The van der Waals surface area contributed by atoms with Gasteiger partial charge < -0.3 is 25.0 Å². The molecule has 2 heterocycles. The summed E-state index contributed by atoms with van der Waals surface area (Å²) in [7, 11) is 1.59. The number of anilines is 3. The normalized spacial score (nSPS) is 13.1. The highest BCUT2D eigenvalue weighted by Crippen LogP contribution is 2.21. The summed E-state index contributed by atoms with van der Waals surface area (Å²) >= 11 is 0. The topological polar surface area (TPSA) is 97.7 Å². The van der Waals surface area contributed by atoms with E-state index in [-0.39, 0.29) is 18.2 Å². The smallest absolute Gasteiger partial charge is 0.255 e. The molecule has 194 valence electrons. The number of rotatable bonds is 8. The number of nitrogens with zero attached hydrogens (tertiary/aromatic N) is 3. The van der Waals surface area contributed by atoms with Gasteiger partial charge in [0, 0.05) is 30.0 Å². The maximum Gasteiger partial charge on any atom is 0.255 e. The van der Waals surface area contributed by atoms with Crippen molar-refractivity contribution in [3.05, 3.63) is 96.3 Å². The molecule has 9 heteroatoms. The summed E-state index contributed by atoms with van der Waals surface area (Å²) in [5.74, 6) is 0.326. The second-order valence-corrected chi connectivity index (χ2v) is 8.90. The van der Waals surface area contributed by atoms with Crippen LogP contribution in [0.3, 0.4) is 0 Å². The van der Waals surface area contributed by atoms with Gasteiger partial charge in [-0.05, 0) is 60.2 Å². The summed E-state index contributed by atoms with van der Waals surface area (Å²) in [4.78, 5) is 27.7. The van der Waals surface area contributed by atoms with Crippen molar-refractivity contribution in [3.8, 4) is 11.4 Å². The molecule has 0 saturated carbocycles. The monoisotopic (exact) mass is 511 g/mol. The molecule has 0 unspecified atom stereocenters. The molecule has 5 rings (SSSR count). The zero-order valence-electron chi connectivity index (χ0n) is 21.1.